The molecule has 0 aliphatic carbocycles. The number of rotatable bonds is 4. The van der Waals surface area contributed by atoms with Crippen molar-refractivity contribution in [2.24, 2.45) is 0 Å². The van der Waals surface area contributed by atoms with E-state index in [1.807, 2.05) is 23.9 Å². The number of piperidine rings is 1. The second-order valence-electron chi connectivity index (χ2n) is 6.36. The normalized spacial score (nSPS) is 18.7. The first kappa shape index (κ1) is 20.3. The first-order chi connectivity index (χ1) is 12.5. The summed E-state index contributed by atoms with van der Waals surface area (Å²) in [6, 6.07) is 8.25. The lowest BCUT2D eigenvalue weighted by Crippen LogP contribution is -2.51. The zero-order valence-electron chi connectivity index (χ0n) is 14.9. The Morgan fingerprint density at radius 3 is 2.62 bits per heavy atom. The van der Waals surface area contributed by atoms with Crippen LogP contribution in [0.2, 0.25) is 0 Å². The van der Waals surface area contributed by atoms with Gasteiger partial charge in [-0.1, -0.05) is 18.2 Å². The number of nitrogens with zero attached hydrogens (tertiary/aromatic N) is 2. The summed E-state index contributed by atoms with van der Waals surface area (Å²) in [4.78, 5) is 37.1. The molecule has 0 atom stereocenters. The van der Waals surface area contributed by atoms with Gasteiger partial charge in [0.1, 0.15) is 0 Å². The number of benzene rings is 1. The Balaban J connectivity index is 0.000000758. The minimum absolute atomic E-state index is 0.0105. The third-order valence-corrected chi connectivity index (χ3v) is 5.87. The number of carbonyl (C=O) groups excluding carboxylic acids is 2. The quantitative estimate of drug-likeness (QED) is 0.760. The van der Waals surface area contributed by atoms with Gasteiger partial charge in [0.05, 0.1) is 13.1 Å². The van der Waals surface area contributed by atoms with Crippen molar-refractivity contribution in [1.29, 1.82) is 0 Å². The van der Waals surface area contributed by atoms with Gasteiger partial charge in [0, 0.05) is 16.7 Å². The summed E-state index contributed by atoms with van der Waals surface area (Å²) >= 11 is 1.92. The summed E-state index contributed by atoms with van der Waals surface area (Å²) < 4.78 is 0. The number of hydrogen-bond acceptors (Lipinski definition) is 5. The summed E-state index contributed by atoms with van der Waals surface area (Å²) in [7, 11) is 2.17. The van der Waals surface area contributed by atoms with Crippen LogP contribution in [0.4, 0.5) is 0 Å². The van der Waals surface area contributed by atoms with E-state index in [2.05, 4.69) is 29.4 Å². The molecule has 1 aromatic rings. The molecular weight excluding hydrogens is 354 g/mol. The molecular formula is C18H25N3O4S. The van der Waals surface area contributed by atoms with Crippen molar-refractivity contribution in [3.63, 3.8) is 0 Å². The molecule has 2 aliphatic heterocycles. The Hall–Kier alpha value is -2.06. The Morgan fingerprint density at radius 1 is 1.27 bits per heavy atom. The van der Waals surface area contributed by atoms with E-state index in [-0.39, 0.29) is 31.4 Å². The number of piperazine rings is 1. The van der Waals surface area contributed by atoms with Gasteiger partial charge in [-0.25, -0.2) is 0 Å². The van der Waals surface area contributed by atoms with E-state index in [4.69, 9.17) is 9.90 Å². The lowest BCUT2D eigenvalue weighted by Gasteiger charge is -2.30. The summed E-state index contributed by atoms with van der Waals surface area (Å²) in [6.07, 6.45) is 2.39. The van der Waals surface area contributed by atoms with Crippen LogP contribution in [0.3, 0.4) is 0 Å². The highest BCUT2D eigenvalue weighted by molar-refractivity contribution is 8.00. The molecule has 2 heterocycles. The maximum atomic E-state index is 12.0. The van der Waals surface area contributed by atoms with E-state index in [0.717, 1.165) is 18.7 Å². The average molecular weight is 379 g/mol. The predicted octanol–water partition coefficient (Wildman–Crippen LogP) is 1.03. The zero-order valence-corrected chi connectivity index (χ0v) is 15.7. The molecule has 0 aromatic heterocycles. The molecule has 0 saturated carbocycles. The molecule has 26 heavy (non-hydrogen) atoms. The maximum Gasteiger partial charge on any atom is 0.290 e. The van der Waals surface area contributed by atoms with Gasteiger partial charge in [-0.05, 0) is 44.6 Å². The lowest BCUT2D eigenvalue weighted by molar-refractivity contribution is -0.141. The van der Waals surface area contributed by atoms with Crippen LogP contribution in [-0.4, -0.2) is 71.7 Å². The summed E-state index contributed by atoms with van der Waals surface area (Å²) in [6.45, 7) is 2.83. The first-order valence-corrected chi connectivity index (χ1v) is 9.47. The molecule has 142 valence electrons. The number of hydrogen-bond donors (Lipinski definition) is 2. The highest BCUT2D eigenvalue weighted by Gasteiger charge is 2.24. The van der Waals surface area contributed by atoms with E-state index in [1.165, 1.54) is 17.7 Å². The van der Waals surface area contributed by atoms with Crippen molar-refractivity contribution in [1.82, 2.24) is 15.1 Å². The number of nitrogens with one attached hydrogen (secondary N) is 1. The summed E-state index contributed by atoms with van der Waals surface area (Å²) in [5.74, 6) is -0.0891. The second kappa shape index (κ2) is 10.2. The topological polar surface area (TPSA) is 90.0 Å². The molecule has 2 aliphatic rings. The molecule has 0 spiro atoms. The number of carboxylic acid groups (broad SMARTS) is 1. The van der Waals surface area contributed by atoms with Crippen molar-refractivity contribution >= 4 is 30.0 Å². The largest absolute Gasteiger partial charge is 0.483 e. The van der Waals surface area contributed by atoms with Gasteiger partial charge in [0.15, 0.2) is 0 Å². The number of amides is 2. The van der Waals surface area contributed by atoms with Crippen molar-refractivity contribution in [3.8, 4) is 0 Å². The molecule has 2 amide bonds. The fourth-order valence-corrected chi connectivity index (χ4v) is 4.23. The zero-order chi connectivity index (χ0) is 18.9. The van der Waals surface area contributed by atoms with E-state index in [9.17, 15) is 9.59 Å². The molecule has 0 unspecified atom stereocenters. The van der Waals surface area contributed by atoms with Crippen LogP contribution in [0.15, 0.2) is 29.2 Å². The molecule has 2 saturated heterocycles. The van der Waals surface area contributed by atoms with Gasteiger partial charge in [-0.15, -0.1) is 11.8 Å². The molecule has 7 nitrogen and oxygen atoms in total. The summed E-state index contributed by atoms with van der Waals surface area (Å²) in [5, 5.41) is 10.1. The van der Waals surface area contributed by atoms with Crippen molar-refractivity contribution < 1.29 is 19.5 Å². The summed E-state index contributed by atoms with van der Waals surface area (Å²) in [5.41, 5.74) is 1.14. The molecule has 1 aromatic carbocycles. The fraction of sp³-hybridized carbons (Fsp3) is 0.500. The molecule has 2 fully saturated rings. The Morgan fingerprint density at radius 2 is 1.92 bits per heavy atom. The molecule has 0 radical (unpaired) electrons. The highest BCUT2D eigenvalue weighted by atomic mass is 32.2. The molecule has 3 rings (SSSR count). The Labute approximate surface area is 157 Å². The van der Waals surface area contributed by atoms with Crippen LogP contribution in [0, 0.1) is 0 Å². The van der Waals surface area contributed by atoms with E-state index in [0.29, 0.717) is 11.8 Å². The van der Waals surface area contributed by atoms with Crippen LogP contribution in [0.5, 0.6) is 0 Å². The van der Waals surface area contributed by atoms with Crippen LogP contribution < -0.4 is 5.32 Å². The number of likely N-dealkylation sites (tertiary alicyclic amines) is 1. The van der Waals surface area contributed by atoms with E-state index < -0.39 is 0 Å². The second-order valence-corrected chi connectivity index (χ2v) is 7.70. The standard InChI is InChI=1S/C17H23N3O2S.CH2O2/c1-19-8-6-14(7-9-19)23-15-5-3-2-4-13(15)11-20-12-16(21)18-10-17(20)22;2-1-3/h2-5,14H,6-12H2,1H3,(H,18,21);1H,(H,2,3). The van der Waals surface area contributed by atoms with Crippen LogP contribution in [0.1, 0.15) is 18.4 Å². The van der Waals surface area contributed by atoms with E-state index >= 15 is 0 Å². The van der Waals surface area contributed by atoms with Gasteiger partial charge in [0.25, 0.3) is 6.47 Å². The third kappa shape index (κ3) is 6.03. The lowest BCUT2D eigenvalue weighted by atomic mass is 10.1. The van der Waals surface area contributed by atoms with Crippen LogP contribution in [-0.2, 0) is 20.9 Å². The SMILES string of the molecule is CN1CCC(Sc2ccccc2CN2CC(=O)NCC2=O)CC1.O=CO. The molecule has 2 N–H and O–H groups in total. The van der Waals surface area contributed by atoms with Crippen molar-refractivity contribution in [3.05, 3.63) is 29.8 Å². The monoisotopic (exact) mass is 379 g/mol. The molecule has 8 heteroatoms. The van der Waals surface area contributed by atoms with Gasteiger partial charge < -0.3 is 20.2 Å². The minimum Gasteiger partial charge on any atom is -0.483 e. The third-order valence-electron chi connectivity index (χ3n) is 4.42. The number of thioether (sulfide) groups is 1. The average Bonchev–Trinajstić information content (AvgIpc) is 2.62. The Bertz CT molecular complexity index is 633. The van der Waals surface area contributed by atoms with Gasteiger partial charge in [-0.2, -0.15) is 0 Å². The van der Waals surface area contributed by atoms with Gasteiger partial charge in [0.2, 0.25) is 11.8 Å². The van der Waals surface area contributed by atoms with Crippen LogP contribution in [0.25, 0.3) is 0 Å². The number of carbonyl (C=O) groups is 3. The fourth-order valence-electron chi connectivity index (χ4n) is 2.98. The maximum absolute atomic E-state index is 12.0. The van der Waals surface area contributed by atoms with Crippen molar-refractivity contribution in [2.75, 3.05) is 33.2 Å². The van der Waals surface area contributed by atoms with Crippen LogP contribution >= 0.6 is 11.8 Å². The first-order valence-electron chi connectivity index (χ1n) is 8.59. The predicted molar refractivity (Wildman–Crippen MR) is 99.9 cm³/mol. The molecule has 0 bridgehead atoms. The smallest absolute Gasteiger partial charge is 0.290 e. The van der Waals surface area contributed by atoms with Gasteiger partial charge >= 0.3 is 0 Å². The minimum atomic E-state index is -0.250. The van der Waals surface area contributed by atoms with E-state index in [1.54, 1.807) is 4.90 Å². The van der Waals surface area contributed by atoms with Gasteiger partial charge in [-0.3, -0.25) is 14.4 Å². The van der Waals surface area contributed by atoms with Crippen molar-refractivity contribution in [2.45, 2.75) is 29.5 Å². The highest BCUT2D eigenvalue weighted by Crippen LogP contribution is 2.32. The Kier molecular flexibility index (Phi) is 7.93.